The Labute approximate surface area is 140 Å². The fraction of sp³-hybridized carbons (Fsp3) is 0.353. The SMILES string of the molecule is COCCCNC(=O)c1cnc(NCCc2ccc(F)cc2)nc1. The van der Waals surface area contributed by atoms with Gasteiger partial charge in [0, 0.05) is 39.2 Å². The topological polar surface area (TPSA) is 76.1 Å². The van der Waals surface area contributed by atoms with Crippen LogP contribution in [0.3, 0.4) is 0 Å². The highest BCUT2D eigenvalue weighted by Crippen LogP contribution is 2.05. The lowest BCUT2D eigenvalue weighted by molar-refractivity contribution is 0.0948. The van der Waals surface area contributed by atoms with Crippen molar-refractivity contribution in [3.8, 4) is 0 Å². The van der Waals surface area contributed by atoms with Crippen molar-refractivity contribution in [3.63, 3.8) is 0 Å². The molecule has 1 aromatic heterocycles. The lowest BCUT2D eigenvalue weighted by Gasteiger charge is -2.07. The van der Waals surface area contributed by atoms with Crippen LogP contribution in [0.1, 0.15) is 22.3 Å². The number of hydrogen-bond donors (Lipinski definition) is 2. The molecular formula is C17H21FN4O2. The highest BCUT2D eigenvalue weighted by molar-refractivity contribution is 5.93. The summed E-state index contributed by atoms with van der Waals surface area (Å²) in [5.74, 6) is 0.00291. The van der Waals surface area contributed by atoms with Crippen molar-refractivity contribution in [2.45, 2.75) is 12.8 Å². The number of carbonyl (C=O) groups excluding carboxylic acids is 1. The Hall–Kier alpha value is -2.54. The monoisotopic (exact) mass is 332 g/mol. The van der Waals surface area contributed by atoms with Crippen molar-refractivity contribution in [3.05, 3.63) is 53.6 Å². The number of amides is 1. The number of nitrogens with zero attached hydrogens (tertiary/aromatic N) is 2. The normalized spacial score (nSPS) is 10.4. The number of halogens is 1. The van der Waals surface area contributed by atoms with E-state index in [1.807, 2.05) is 0 Å². The fourth-order valence-corrected chi connectivity index (χ4v) is 2.03. The van der Waals surface area contributed by atoms with E-state index in [0.29, 0.717) is 31.2 Å². The van der Waals surface area contributed by atoms with Gasteiger partial charge >= 0.3 is 0 Å². The van der Waals surface area contributed by atoms with Gasteiger partial charge in [0.1, 0.15) is 5.82 Å². The molecule has 1 amide bonds. The molecule has 128 valence electrons. The number of ether oxygens (including phenoxy) is 1. The van der Waals surface area contributed by atoms with Crippen molar-refractivity contribution >= 4 is 11.9 Å². The molecule has 0 bridgehead atoms. The van der Waals surface area contributed by atoms with E-state index in [1.165, 1.54) is 24.5 Å². The van der Waals surface area contributed by atoms with Crippen LogP contribution in [0.5, 0.6) is 0 Å². The molecule has 0 saturated carbocycles. The van der Waals surface area contributed by atoms with E-state index in [4.69, 9.17) is 4.74 Å². The molecule has 0 atom stereocenters. The Morgan fingerprint density at radius 3 is 2.54 bits per heavy atom. The minimum Gasteiger partial charge on any atom is -0.385 e. The second-order valence-corrected chi connectivity index (χ2v) is 5.20. The maximum atomic E-state index is 12.8. The van der Waals surface area contributed by atoms with Crippen LogP contribution < -0.4 is 10.6 Å². The first kappa shape index (κ1) is 17.8. The molecule has 6 nitrogen and oxygen atoms in total. The van der Waals surface area contributed by atoms with Crippen LogP contribution in [0.15, 0.2) is 36.7 Å². The summed E-state index contributed by atoms with van der Waals surface area (Å²) in [5.41, 5.74) is 1.44. The van der Waals surface area contributed by atoms with Gasteiger partial charge in [-0.2, -0.15) is 0 Å². The number of hydrogen-bond acceptors (Lipinski definition) is 5. The number of benzene rings is 1. The Balaban J connectivity index is 1.75. The molecule has 0 saturated heterocycles. The van der Waals surface area contributed by atoms with Crippen LogP contribution >= 0.6 is 0 Å². The minimum absolute atomic E-state index is 0.205. The van der Waals surface area contributed by atoms with Crippen molar-refractivity contribution < 1.29 is 13.9 Å². The van der Waals surface area contributed by atoms with E-state index in [2.05, 4.69) is 20.6 Å². The highest BCUT2D eigenvalue weighted by Gasteiger charge is 2.06. The molecule has 0 aliphatic rings. The van der Waals surface area contributed by atoms with Gasteiger partial charge in [-0.1, -0.05) is 12.1 Å². The van der Waals surface area contributed by atoms with Crippen LogP contribution in [-0.2, 0) is 11.2 Å². The van der Waals surface area contributed by atoms with Gasteiger partial charge in [0.05, 0.1) is 5.56 Å². The molecule has 24 heavy (non-hydrogen) atoms. The summed E-state index contributed by atoms with van der Waals surface area (Å²) >= 11 is 0. The predicted molar refractivity (Wildman–Crippen MR) is 89.5 cm³/mol. The van der Waals surface area contributed by atoms with E-state index in [9.17, 15) is 9.18 Å². The number of aromatic nitrogens is 2. The predicted octanol–water partition coefficient (Wildman–Crippen LogP) is 2.04. The zero-order chi connectivity index (χ0) is 17.2. The summed E-state index contributed by atoms with van der Waals surface area (Å²) in [4.78, 5) is 20.1. The molecule has 0 spiro atoms. The van der Waals surface area contributed by atoms with E-state index >= 15 is 0 Å². The van der Waals surface area contributed by atoms with Crippen molar-refractivity contribution in [2.75, 3.05) is 32.1 Å². The number of anilines is 1. The zero-order valence-corrected chi connectivity index (χ0v) is 13.6. The van der Waals surface area contributed by atoms with Crippen LogP contribution in [-0.4, -0.2) is 42.7 Å². The first-order chi connectivity index (χ1) is 11.7. The first-order valence-electron chi connectivity index (χ1n) is 7.76. The molecule has 0 aliphatic heterocycles. The molecule has 0 fully saturated rings. The van der Waals surface area contributed by atoms with Crippen molar-refractivity contribution in [1.29, 1.82) is 0 Å². The average Bonchev–Trinajstić information content (AvgIpc) is 2.61. The molecule has 2 rings (SSSR count). The standard InChI is InChI=1S/C17H21FN4O2/c1-24-10-2-8-19-16(23)14-11-21-17(22-12-14)20-9-7-13-3-5-15(18)6-4-13/h3-6,11-12H,2,7-10H2,1H3,(H,19,23)(H,20,21,22). The number of carbonyl (C=O) groups is 1. The van der Waals surface area contributed by atoms with E-state index < -0.39 is 0 Å². The number of nitrogens with one attached hydrogen (secondary N) is 2. The summed E-state index contributed by atoms with van der Waals surface area (Å²) in [7, 11) is 1.62. The Bertz CT molecular complexity index is 632. The molecule has 0 unspecified atom stereocenters. The van der Waals surface area contributed by atoms with E-state index in [0.717, 1.165) is 18.4 Å². The van der Waals surface area contributed by atoms with Crippen molar-refractivity contribution in [2.24, 2.45) is 0 Å². The molecule has 1 aromatic carbocycles. The zero-order valence-electron chi connectivity index (χ0n) is 13.6. The van der Waals surface area contributed by atoms with Crippen LogP contribution in [0.4, 0.5) is 10.3 Å². The summed E-state index contributed by atoms with van der Waals surface area (Å²) in [6, 6.07) is 6.36. The largest absolute Gasteiger partial charge is 0.385 e. The number of methoxy groups -OCH3 is 1. The average molecular weight is 332 g/mol. The molecular weight excluding hydrogens is 311 g/mol. The first-order valence-corrected chi connectivity index (χ1v) is 7.76. The molecule has 1 heterocycles. The van der Waals surface area contributed by atoms with Crippen LogP contribution in [0.25, 0.3) is 0 Å². The molecule has 0 radical (unpaired) electrons. The molecule has 0 aliphatic carbocycles. The maximum absolute atomic E-state index is 12.8. The summed E-state index contributed by atoms with van der Waals surface area (Å²) in [6.07, 6.45) is 4.45. The third-order valence-electron chi connectivity index (χ3n) is 3.33. The lowest BCUT2D eigenvalue weighted by atomic mass is 10.1. The van der Waals surface area contributed by atoms with Crippen LogP contribution in [0.2, 0.25) is 0 Å². The van der Waals surface area contributed by atoms with E-state index in [1.54, 1.807) is 19.2 Å². The van der Waals surface area contributed by atoms with Crippen LogP contribution in [0, 0.1) is 5.82 Å². The third-order valence-corrected chi connectivity index (χ3v) is 3.33. The molecule has 7 heteroatoms. The van der Waals surface area contributed by atoms with Gasteiger partial charge < -0.3 is 15.4 Å². The highest BCUT2D eigenvalue weighted by atomic mass is 19.1. The smallest absolute Gasteiger partial charge is 0.254 e. The second kappa shape index (κ2) is 9.57. The van der Waals surface area contributed by atoms with Gasteiger partial charge in [0.15, 0.2) is 0 Å². The Morgan fingerprint density at radius 1 is 1.17 bits per heavy atom. The fourth-order valence-electron chi connectivity index (χ4n) is 2.03. The van der Waals surface area contributed by atoms with Gasteiger partial charge in [-0.3, -0.25) is 4.79 Å². The molecule has 2 N–H and O–H groups in total. The Kier molecular flexibility index (Phi) is 7.10. The maximum Gasteiger partial charge on any atom is 0.254 e. The minimum atomic E-state index is -0.244. The van der Waals surface area contributed by atoms with E-state index in [-0.39, 0.29) is 11.7 Å². The van der Waals surface area contributed by atoms with Gasteiger partial charge in [-0.25, -0.2) is 14.4 Å². The lowest BCUT2D eigenvalue weighted by Crippen LogP contribution is -2.25. The third kappa shape index (κ3) is 5.92. The van der Waals surface area contributed by atoms with Gasteiger partial charge in [-0.05, 0) is 30.5 Å². The summed E-state index contributed by atoms with van der Waals surface area (Å²) in [6.45, 7) is 1.77. The quantitative estimate of drug-likeness (QED) is 0.687. The summed E-state index contributed by atoms with van der Waals surface area (Å²) in [5, 5.41) is 5.84. The van der Waals surface area contributed by atoms with Gasteiger partial charge in [0.2, 0.25) is 5.95 Å². The second-order valence-electron chi connectivity index (χ2n) is 5.20. The van der Waals surface area contributed by atoms with Crippen molar-refractivity contribution in [1.82, 2.24) is 15.3 Å². The number of rotatable bonds is 9. The van der Waals surface area contributed by atoms with Gasteiger partial charge in [-0.15, -0.1) is 0 Å². The summed E-state index contributed by atoms with van der Waals surface area (Å²) < 4.78 is 17.7. The Morgan fingerprint density at radius 2 is 1.88 bits per heavy atom. The van der Waals surface area contributed by atoms with Gasteiger partial charge in [0.25, 0.3) is 5.91 Å². The molecule has 2 aromatic rings.